The number of aliphatic hydroxyl groups is 1. The number of aliphatic hydroxyl groups excluding tert-OH is 1. The van der Waals surface area contributed by atoms with E-state index in [1.54, 1.807) is 18.0 Å². The summed E-state index contributed by atoms with van der Waals surface area (Å²) in [6.45, 7) is 0.441. The molecule has 90 valence electrons. The van der Waals surface area contributed by atoms with Crippen molar-refractivity contribution in [1.29, 1.82) is 0 Å². The first kappa shape index (κ1) is 12.4. The van der Waals surface area contributed by atoms with Crippen molar-refractivity contribution in [1.82, 2.24) is 9.78 Å². The van der Waals surface area contributed by atoms with Gasteiger partial charge in [0.25, 0.3) is 0 Å². The van der Waals surface area contributed by atoms with Crippen molar-refractivity contribution in [3.8, 4) is 5.75 Å². The molecule has 5 heteroatoms. The van der Waals surface area contributed by atoms with Gasteiger partial charge in [-0.3, -0.25) is 4.68 Å². The largest absolute Gasteiger partial charge is 0.497 e. The molecule has 1 heterocycles. The Kier molecular flexibility index (Phi) is 4.01. The molecule has 0 aliphatic heterocycles. The minimum atomic E-state index is -0.583. The minimum Gasteiger partial charge on any atom is -0.497 e. The summed E-state index contributed by atoms with van der Waals surface area (Å²) in [6.07, 6.45) is 3.07. The second kappa shape index (κ2) is 5.50. The molecule has 1 N–H and O–H groups in total. The van der Waals surface area contributed by atoms with Gasteiger partial charge in [0.05, 0.1) is 29.5 Å². The molecule has 0 spiro atoms. The van der Waals surface area contributed by atoms with Crippen LogP contribution in [-0.4, -0.2) is 22.0 Å². The van der Waals surface area contributed by atoms with Gasteiger partial charge in [-0.15, -0.1) is 0 Å². The Morgan fingerprint density at radius 2 is 2.35 bits per heavy atom. The van der Waals surface area contributed by atoms with E-state index in [2.05, 4.69) is 27.7 Å². The first-order valence-corrected chi connectivity index (χ1v) is 6.27. The highest BCUT2D eigenvalue weighted by molar-refractivity contribution is 14.1. The van der Waals surface area contributed by atoms with Crippen molar-refractivity contribution >= 4 is 22.6 Å². The van der Waals surface area contributed by atoms with E-state index in [0.717, 1.165) is 14.9 Å². The monoisotopic (exact) mass is 344 g/mol. The lowest BCUT2D eigenvalue weighted by Gasteiger charge is -2.12. The Morgan fingerprint density at radius 1 is 1.53 bits per heavy atom. The summed E-state index contributed by atoms with van der Waals surface area (Å²) in [6, 6.07) is 7.43. The molecule has 0 saturated carbocycles. The summed E-state index contributed by atoms with van der Waals surface area (Å²) >= 11 is 2.19. The molecule has 0 amide bonds. The van der Waals surface area contributed by atoms with Crippen LogP contribution in [0.1, 0.15) is 11.7 Å². The smallest absolute Gasteiger partial charge is 0.119 e. The van der Waals surface area contributed by atoms with Crippen LogP contribution in [0.5, 0.6) is 5.75 Å². The van der Waals surface area contributed by atoms with Crippen LogP contribution in [0, 0.1) is 3.57 Å². The maximum Gasteiger partial charge on any atom is 0.119 e. The number of methoxy groups -OCH3 is 1. The summed E-state index contributed by atoms with van der Waals surface area (Å²) in [5, 5.41) is 14.2. The summed E-state index contributed by atoms with van der Waals surface area (Å²) in [7, 11) is 1.61. The maximum atomic E-state index is 10.1. The predicted octanol–water partition coefficient (Wildman–Crippen LogP) is 2.23. The van der Waals surface area contributed by atoms with Crippen molar-refractivity contribution in [2.45, 2.75) is 12.6 Å². The van der Waals surface area contributed by atoms with E-state index >= 15 is 0 Å². The minimum absolute atomic E-state index is 0.441. The molecule has 1 atom stereocenters. The van der Waals surface area contributed by atoms with Crippen LogP contribution >= 0.6 is 22.6 Å². The van der Waals surface area contributed by atoms with Crippen molar-refractivity contribution in [3.63, 3.8) is 0 Å². The van der Waals surface area contributed by atoms with E-state index in [4.69, 9.17) is 4.74 Å². The lowest BCUT2D eigenvalue weighted by atomic mass is 10.1. The summed E-state index contributed by atoms with van der Waals surface area (Å²) in [5.74, 6) is 0.747. The average Bonchev–Trinajstić information content (AvgIpc) is 2.75. The quantitative estimate of drug-likeness (QED) is 0.866. The number of hydrogen-bond donors (Lipinski definition) is 1. The van der Waals surface area contributed by atoms with Crippen LogP contribution in [0.4, 0.5) is 0 Å². The van der Waals surface area contributed by atoms with Crippen molar-refractivity contribution in [2.75, 3.05) is 7.11 Å². The van der Waals surface area contributed by atoms with E-state index in [0.29, 0.717) is 6.54 Å². The zero-order chi connectivity index (χ0) is 12.3. The van der Waals surface area contributed by atoms with E-state index in [1.807, 2.05) is 30.5 Å². The third-order valence-electron chi connectivity index (χ3n) is 2.44. The fourth-order valence-corrected chi connectivity index (χ4v) is 2.02. The first-order chi connectivity index (χ1) is 8.19. The predicted molar refractivity (Wildman–Crippen MR) is 72.9 cm³/mol. The molecular formula is C12H13IN2O2. The lowest BCUT2D eigenvalue weighted by Crippen LogP contribution is -2.09. The second-order valence-electron chi connectivity index (χ2n) is 3.67. The second-order valence-corrected chi connectivity index (χ2v) is 4.92. The molecule has 2 aromatic rings. The first-order valence-electron chi connectivity index (χ1n) is 5.19. The molecule has 17 heavy (non-hydrogen) atoms. The van der Waals surface area contributed by atoms with Crippen LogP contribution in [0.25, 0.3) is 0 Å². The molecule has 0 bridgehead atoms. The normalized spacial score (nSPS) is 12.4. The number of aromatic nitrogens is 2. The standard InChI is InChI=1S/C12H13IN2O2/c1-17-11-4-2-3-9(5-11)12(16)8-15-7-10(13)6-14-15/h2-7,12,16H,8H2,1H3/t12-/m0/s1. The molecule has 2 rings (SSSR count). The van der Waals surface area contributed by atoms with Crippen LogP contribution < -0.4 is 4.74 Å². The Morgan fingerprint density at radius 3 is 3.00 bits per heavy atom. The molecule has 1 aromatic carbocycles. The number of ether oxygens (including phenoxy) is 1. The highest BCUT2D eigenvalue weighted by Gasteiger charge is 2.09. The zero-order valence-corrected chi connectivity index (χ0v) is 11.5. The van der Waals surface area contributed by atoms with Gasteiger partial charge in [0, 0.05) is 6.20 Å². The van der Waals surface area contributed by atoms with Crippen LogP contribution in [0.3, 0.4) is 0 Å². The van der Waals surface area contributed by atoms with Gasteiger partial charge in [-0.25, -0.2) is 0 Å². The molecular weight excluding hydrogens is 331 g/mol. The fraction of sp³-hybridized carbons (Fsp3) is 0.250. The van der Waals surface area contributed by atoms with E-state index in [9.17, 15) is 5.11 Å². The van der Waals surface area contributed by atoms with Crippen molar-refractivity contribution < 1.29 is 9.84 Å². The number of benzene rings is 1. The molecule has 0 fully saturated rings. The van der Waals surface area contributed by atoms with E-state index in [-0.39, 0.29) is 0 Å². The topological polar surface area (TPSA) is 47.3 Å². The average molecular weight is 344 g/mol. The van der Waals surface area contributed by atoms with Gasteiger partial charge in [0.15, 0.2) is 0 Å². The van der Waals surface area contributed by atoms with Gasteiger partial charge in [-0.2, -0.15) is 5.10 Å². The molecule has 0 aliphatic rings. The van der Waals surface area contributed by atoms with Crippen LogP contribution in [0.15, 0.2) is 36.7 Å². The zero-order valence-electron chi connectivity index (χ0n) is 9.38. The highest BCUT2D eigenvalue weighted by atomic mass is 127. The lowest BCUT2D eigenvalue weighted by molar-refractivity contribution is 0.151. The SMILES string of the molecule is COc1cccc([C@@H](O)Cn2cc(I)cn2)c1. The number of rotatable bonds is 4. The van der Waals surface area contributed by atoms with Crippen LogP contribution in [0.2, 0.25) is 0 Å². The van der Waals surface area contributed by atoms with Crippen LogP contribution in [-0.2, 0) is 6.54 Å². The van der Waals surface area contributed by atoms with Crippen molar-refractivity contribution in [3.05, 3.63) is 45.8 Å². The Balaban J connectivity index is 2.11. The van der Waals surface area contributed by atoms with Gasteiger partial charge in [-0.1, -0.05) is 12.1 Å². The Bertz CT molecular complexity index is 499. The fourth-order valence-electron chi connectivity index (χ4n) is 1.57. The molecule has 1 aromatic heterocycles. The molecule has 0 aliphatic carbocycles. The summed E-state index contributed by atoms with van der Waals surface area (Å²) < 4.78 is 7.91. The van der Waals surface area contributed by atoms with Gasteiger partial charge in [0.1, 0.15) is 5.75 Å². The number of halogens is 1. The van der Waals surface area contributed by atoms with Crippen molar-refractivity contribution in [2.24, 2.45) is 0 Å². The van der Waals surface area contributed by atoms with E-state index < -0.39 is 6.10 Å². The summed E-state index contributed by atoms with van der Waals surface area (Å²) in [5.41, 5.74) is 0.829. The van der Waals surface area contributed by atoms with Gasteiger partial charge in [0.2, 0.25) is 0 Å². The van der Waals surface area contributed by atoms with E-state index in [1.165, 1.54) is 0 Å². The molecule has 0 saturated heterocycles. The summed E-state index contributed by atoms with van der Waals surface area (Å²) in [4.78, 5) is 0. The Labute approximate surface area is 113 Å². The molecule has 4 nitrogen and oxygen atoms in total. The molecule has 0 unspecified atom stereocenters. The van der Waals surface area contributed by atoms with Gasteiger partial charge >= 0.3 is 0 Å². The van der Waals surface area contributed by atoms with Gasteiger partial charge < -0.3 is 9.84 Å². The van der Waals surface area contributed by atoms with Gasteiger partial charge in [-0.05, 0) is 40.3 Å². The Hall–Kier alpha value is -1.08. The third kappa shape index (κ3) is 3.19. The number of nitrogens with zero attached hydrogens (tertiary/aromatic N) is 2. The highest BCUT2D eigenvalue weighted by Crippen LogP contribution is 2.20. The molecule has 0 radical (unpaired) electrons. The maximum absolute atomic E-state index is 10.1. The third-order valence-corrected chi connectivity index (χ3v) is 3.00. The number of hydrogen-bond acceptors (Lipinski definition) is 3.